The third-order valence-corrected chi connectivity index (χ3v) is 6.04. The molecule has 0 aromatic heterocycles. The molecular formula is C28H33Cl2NO7. The van der Waals surface area contributed by atoms with Crippen molar-refractivity contribution in [1.82, 2.24) is 0 Å². The lowest BCUT2D eigenvalue weighted by atomic mass is 9.96. The van der Waals surface area contributed by atoms with Crippen molar-refractivity contribution in [2.24, 2.45) is 5.92 Å². The van der Waals surface area contributed by atoms with Crippen LogP contribution in [0.1, 0.15) is 70.3 Å². The van der Waals surface area contributed by atoms with E-state index in [1.54, 1.807) is 45.9 Å². The maximum absolute atomic E-state index is 13.4. The molecule has 2 aromatic carbocycles. The van der Waals surface area contributed by atoms with Crippen LogP contribution >= 0.6 is 23.2 Å². The highest BCUT2D eigenvalue weighted by Crippen LogP contribution is 2.30. The standard InChI is InChI=1S/C28H33Cl2NO7/c1-16(2)14-28(5,6)38-27(36)23(32)13-25(33)31(15-18-7-10-21(29)22(30)11-18)19-8-9-20(26(34)35)24(12-19)37-17(3)4/h7-12,16-17H,13-15H2,1-6H3,(H,34,35). The van der Waals surface area contributed by atoms with Crippen LogP contribution in [0.4, 0.5) is 5.69 Å². The van der Waals surface area contributed by atoms with Gasteiger partial charge in [0.1, 0.15) is 16.9 Å². The lowest BCUT2D eigenvalue weighted by molar-refractivity contribution is -0.165. The number of Topliss-reactive ketones (excluding diaryl/α,β-unsaturated/α-hetero) is 1. The average molecular weight is 566 g/mol. The Morgan fingerprint density at radius 2 is 1.63 bits per heavy atom. The lowest BCUT2D eigenvalue weighted by Gasteiger charge is -2.27. The van der Waals surface area contributed by atoms with E-state index in [4.69, 9.17) is 32.7 Å². The molecule has 2 aromatic rings. The van der Waals surface area contributed by atoms with Gasteiger partial charge in [-0.05, 0) is 69.9 Å². The number of nitrogens with zero attached hydrogens (tertiary/aromatic N) is 1. The molecule has 1 N–H and O–H groups in total. The summed E-state index contributed by atoms with van der Waals surface area (Å²) in [5.41, 5.74) is -0.103. The van der Waals surface area contributed by atoms with Crippen molar-refractivity contribution < 1.29 is 33.8 Å². The first-order valence-corrected chi connectivity index (χ1v) is 12.9. The van der Waals surface area contributed by atoms with Gasteiger partial charge in [0, 0.05) is 11.8 Å². The SMILES string of the molecule is CC(C)CC(C)(C)OC(=O)C(=O)CC(=O)N(Cc1ccc(Cl)c(Cl)c1)c1ccc(C(=O)O)c(OC(C)C)c1. The number of halogens is 2. The van der Waals surface area contributed by atoms with Crippen LogP contribution in [0.3, 0.4) is 0 Å². The van der Waals surface area contributed by atoms with Crippen LogP contribution in [0.15, 0.2) is 36.4 Å². The number of hydrogen-bond donors (Lipinski definition) is 1. The molecule has 10 heteroatoms. The van der Waals surface area contributed by atoms with Gasteiger partial charge in [-0.15, -0.1) is 0 Å². The van der Waals surface area contributed by atoms with Gasteiger partial charge in [-0.25, -0.2) is 9.59 Å². The highest BCUT2D eigenvalue weighted by molar-refractivity contribution is 6.42. The summed E-state index contributed by atoms with van der Waals surface area (Å²) in [7, 11) is 0. The first-order chi connectivity index (χ1) is 17.6. The molecule has 0 bridgehead atoms. The minimum atomic E-state index is -1.20. The Hall–Kier alpha value is -3.10. The molecule has 0 aliphatic carbocycles. The van der Waals surface area contributed by atoms with Crippen LogP contribution in [0, 0.1) is 5.92 Å². The number of ether oxygens (including phenoxy) is 2. The monoisotopic (exact) mass is 565 g/mol. The molecule has 0 spiro atoms. The second-order valence-corrected chi connectivity index (χ2v) is 11.0. The third-order valence-electron chi connectivity index (χ3n) is 5.30. The fourth-order valence-corrected chi connectivity index (χ4v) is 4.31. The van der Waals surface area contributed by atoms with Gasteiger partial charge in [-0.1, -0.05) is 43.1 Å². The van der Waals surface area contributed by atoms with Crippen molar-refractivity contribution in [3.63, 3.8) is 0 Å². The molecular weight excluding hydrogens is 533 g/mol. The van der Waals surface area contributed by atoms with E-state index in [0.717, 1.165) is 0 Å². The highest BCUT2D eigenvalue weighted by atomic mass is 35.5. The van der Waals surface area contributed by atoms with Gasteiger partial charge >= 0.3 is 11.9 Å². The van der Waals surface area contributed by atoms with E-state index in [1.165, 1.54) is 23.1 Å². The molecule has 0 aliphatic heterocycles. The van der Waals surface area contributed by atoms with Crippen LogP contribution in [0.5, 0.6) is 5.75 Å². The van der Waals surface area contributed by atoms with Crippen LogP contribution in [-0.4, -0.2) is 40.4 Å². The number of benzene rings is 2. The van der Waals surface area contributed by atoms with Crippen molar-refractivity contribution in [1.29, 1.82) is 0 Å². The van der Waals surface area contributed by atoms with Crippen LogP contribution in [0.25, 0.3) is 0 Å². The number of anilines is 1. The van der Waals surface area contributed by atoms with Gasteiger partial charge < -0.3 is 19.5 Å². The number of hydrogen-bond acceptors (Lipinski definition) is 6. The number of amides is 1. The van der Waals surface area contributed by atoms with Crippen LogP contribution in [-0.2, 0) is 25.7 Å². The smallest absolute Gasteiger partial charge is 0.375 e. The minimum absolute atomic E-state index is 0.0373. The predicted octanol–water partition coefficient (Wildman–Crippen LogP) is 6.34. The first kappa shape index (κ1) is 31.1. The normalized spacial score (nSPS) is 11.4. The summed E-state index contributed by atoms with van der Waals surface area (Å²) in [4.78, 5) is 51.5. The van der Waals surface area contributed by atoms with Gasteiger partial charge in [0.05, 0.1) is 29.1 Å². The Labute approximate surface area is 232 Å². The number of rotatable bonds is 12. The fourth-order valence-electron chi connectivity index (χ4n) is 3.99. The number of carboxylic acids is 1. The van der Waals surface area contributed by atoms with E-state index < -0.39 is 35.7 Å². The number of carbonyl (C=O) groups is 4. The van der Waals surface area contributed by atoms with Gasteiger partial charge in [-0.3, -0.25) is 9.59 Å². The maximum atomic E-state index is 13.4. The number of carboxylic acid groups (broad SMARTS) is 1. The molecule has 206 valence electrons. The van der Waals surface area contributed by atoms with E-state index in [2.05, 4.69) is 0 Å². The molecule has 0 heterocycles. The van der Waals surface area contributed by atoms with E-state index in [0.29, 0.717) is 17.0 Å². The van der Waals surface area contributed by atoms with E-state index >= 15 is 0 Å². The molecule has 1 amide bonds. The summed E-state index contributed by atoms with van der Waals surface area (Å²) in [6.45, 7) is 10.8. The Morgan fingerprint density at radius 3 is 2.18 bits per heavy atom. The van der Waals surface area contributed by atoms with Crippen molar-refractivity contribution in [2.45, 2.75) is 72.6 Å². The largest absolute Gasteiger partial charge is 0.490 e. The minimum Gasteiger partial charge on any atom is -0.490 e. The van der Waals surface area contributed by atoms with Crippen LogP contribution < -0.4 is 9.64 Å². The molecule has 0 radical (unpaired) electrons. The van der Waals surface area contributed by atoms with Gasteiger partial charge in [-0.2, -0.15) is 0 Å². The van der Waals surface area contributed by atoms with E-state index in [-0.39, 0.29) is 40.6 Å². The zero-order chi connectivity index (χ0) is 28.8. The molecule has 0 saturated carbocycles. The summed E-state index contributed by atoms with van der Waals surface area (Å²) >= 11 is 12.2. The Kier molecular flexibility index (Phi) is 10.7. The second kappa shape index (κ2) is 13.1. The van der Waals surface area contributed by atoms with Crippen molar-refractivity contribution >= 4 is 52.5 Å². The molecule has 0 atom stereocenters. The highest BCUT2D eigenvalue weighted by Gasteiger charge is 2.31. The Balaban J connectivity index is 2.41. The molecule has 0 saturated heterocycles. The number of carbonyl (C=O) groups excluding carboxylic acids is 3. The molecule has 0 fully saturated rings. The quantitative estimate of drug-likeness (QED) is 0.181. The Bertz CT molecular complexity index is 1210. The number of ketones is 1. The molecule has 0 unspecified atom stereocenters. The summed E-state index contributed by atoms with van der Waals surface area (Å²) in [5.74, 6) is -3.70. The van der Waals surface area contributed by atoms with E-state index in [9.17, 15) is 24.3 Å². The Morgan fingerprint density at radius 1 is 0.974 bits per heavy atom. The molecule has 0 aliphatic rings. The third kappa shape index (κ3) is 9.03. The topological polar surface area (TPSA) is 110 Å². The lowest BCUT2D eigenvalue weighted by Crippen LogP contribution is -2.37. The molecule has 38 heavy (non-hydrogen) atoms. The van der Waals surface area contributed by atoms with Crippen molar-refractivity contribution in [3.05, 3.63) is 57.6 Å². The summed E-state index contributed by atoms with van der Waals surface area (Å²) in [6, 6.07) is 8.97. The first-order valence-electron chi connectivity index (χ1n) is 12.1. The fraction of sp³-hybridized carbons (Fsp3) is 0.429. The van der Waals surface area contributed by atoms with Crippen LogP contribution in [0.2, 0.25) is 10.0 Å². The number of aromatic carboxylic acids is 1. The van der Waals surface area contributed by atoms with Crippen molar-refractivity contribution in [3.8, 4) is 5.75 Å². The van der Waals surface area contributed by atoms with Gasteiger partial charge in [0.2, 0.25) is 11.7 Å². The molecule has 2 rings (SSSR count). The maximum Gasteiger partial charge on any atom is 0.375 e. The van der Waals surface area contributed by atoms with Gasteiger partial charge in [0.25, 0.3) is 0 Å². The second-order valence-electron chi connectivity index (χ2n) is 10.2. The zero-order valence-electron chi connectivity index (χ0n) is 22.3. The summed E-state index contributed by atoms with van der Waals surface area (Å²) < 4.78 is 11.0. The molecule has 8 nitrogen and oxygen atoms in total. The average Bonchev–Trinajstić information content (AvgIpc) is 2.77. The van der Waals surface area contributed by atoms with Gasteiger partial charge in [0.15, 0.2) is 0 Å². The summed E-state index contributed by atoms with van der Waals surface area (Å²) in [6.07, 6.45) is -0.551. The summed E-state index contributed by atoms with van der Waals surface area (Å²) in [5, 5.41) is 10.2. The zero-order valence-corrected chi connectivity index (χ0v) is 23.9. The number of esters is 1. The van der Waals surface area contributed by atoms with E-state index in [1.807, 2.05) is 13.8 Å². The predicted molar refractivity (Wildman–Crippen MR) is 146 cm³/mol. The van der Waals surface area contributed by atoms with Crippen molar-refractivity contribution in [2.75, 3.05) is 4.90 Å².